The van der Waals surface area contributed by atoms with Crippen LogP contribution in [0.4, 0.5) is 0 Å². The van der Waals surface area contributed by atoms with Gasteiger partial charge in [-0.15, -0.1) is 0 Å². The zero-order valence-electron chi connectivity index (χ0n) is 12.0. The van der Waals surface area contributed by atoms with E-state index in [1.54, 1.807) is 20.4 Å². The molecule has 0 fully saturated rings. The quantitative estimate of drug-likeness (QED) is 0.612. The lowest BCUT2D eigenvalue weighted by Gasteiger charge is -2.18. The van der Waals surface area contributed by atoms with Crippen molar-refractivity contribution in [2.45, 2.75) is 12.5 Å². The number of nitrogens with two attached hydrogens (primary N) is 1. The summed E-state index contributed by atoms with van der Waals surface area (Å²) in [5.74, 6) is 8.11. The van der Waals surface area contributed by atoms with Crippen molar-refractivity contribution in [3.05, 3.63) is 42.0 Å². The lowest BCUT2D eigenvalue weighted by molar-refractivity contribution is 0.391. The van der Waals surface area contributed by atoms with Gasteiger partial charge in [0.1, 0.15) is 17.3 Å². The molecule has 0 aliphatic rings. The number of imidazole rings is 1. The predicted octanol–water partition coefficient (Wildman–Crippen LogP) is 1.18. The molecule has 1 aromatic carbocycles. The first-order valence-electron chi connectivity index (χ1n) is 6.33. The topological polar surface area (TPSA) is 74.3 Å². The lowest BCUT2D eigenvalue weighted by Crippen LogP contribution is -2.30. The molecule has 1 atom stereocenters. The van der Waals surface area contributed by atoms with Crippen LogP contribution >= 0.6 is 0 Å². The van der Waals surface area contributed by atoms with Gasteiger partial charge in [0, 0.05) is 31.9 Å². The van der Waals surface area contributed by atoms with E-state index in [0.29, 0.717) is 6.42 Å². The number of nitrogens with one attached hydrogen (secondary N) is 1. The number of aromatic nitrogens is 2. The van der Waals surface area contributed by atoms with Crippen molar-refractivity contribution in [3.63, 3.8) is 0 Å². The Morgan fingerprint density at radius 2 is 1.90 bits per heavy atom. The van der Waals surface area contributed by atoms with Crippen molar-refractivity contribution < 1.29 is 9.47 Å². The highest BCUT2D eigenvalue weighted by Gasteiger charge is 2.15. The number of hydrogen-bond donors (Lipinski definition) is 2. The van der Waals surface area contributed by atoms with E-state index < -0.39 is 0 Å². The van der Waals surface area contributed by atoms with Gasteiger partial charge in [-0.25, -0.2) is 4.98 Å². The van der Waals surface area contributed by atoms with Gasteiger partial charge < -0.3 is 14.0 Å². The van der Waals surface area contributed by atoms with Crippen molar-refractivity contribution in [2.24, 2.45) is 12.9 Å². The summed E-state index contributed by atoms with van der Waals surface area (Å²) in [6.07, 6.45) is 4.36. The molecule has 6 heteroatoms. The van der Waals surface area contributed by atoms with E-state index in [4.69, 9.17) is 15.3 Å². The number of nitrogens with zero attached hydrogens (tertiary/aromatic N) is 2. The fraction of sp³-hybridized carbons (Fsp3) is 0.357. The maximum Gasteiger partial charge on any atom is 0.122 e. The van der Waals surface area contributed by atoms with Crippen LogP contribution in [0, 0.1) is 0 Å². The number of ether oxygens (including phenoxy) is 2. The Bertz CT molecular complexity index is 546. The number of hydrazine groups is 1. The van der Waals surface area contributed by atoms with Gasteiger partial charge in [-0.3, -0.25) is 11.3 Å². The van der Waals surface area contributed by atoms with E-state index >= 15 is 0 Å². The first-order valence-corrected chi connectivity index (χ1v) is 6.33. The molecule has 2 rings (SSSR count). The Morgan fingerprint density at radius 1 is 1.25 bits per heavy atom. The molecule has 6 nitrogen and oxygen atoms in total. The van der Waals surface area contributed by atoms with Crippen LogP contribution in [0.15, 0.2) is 30.6 Å². The lowest BCUT2D eigenvalue weighted by atomic mass is 10.0. The summed E-state index contributed by atoms with van der Waals surface area (Å²) in [6, 6.07) is 5.64. The molecule has 0 aliphatic carbocycles. The molecule has 0 saturated carbocycles. The average molecular weight is 276 g/mol. The number of aryl methyl sites for hydroxylation is 1. The van der Waals surface area contributed by atoms with Crippen LogP contribution in [0.3, 0.4) is 0 Å². The van der Waals surface area contributed by atoms with Crippen molar-refractivity contribution >= 4 is 0 Å². The SMILES string of the molecule is COc1cc(OC)cc(C(Cc2nccn2C)NN)c1. The summed E-state index contributed by atoms with van der Waals surface area (Å²) in [7, 11) is 5.21. The largest absolute Gasteiger partial charge is 0.497 e. The highest BCUT2D eigenvalue weighted by atomic mass is 16.5. The second-order valence-corrected chi connectivity index (χ2v) is 4.52. The fourth-order valence-corrected chi connectivity index (χ4v) is 2.08. The Hall–Kier alpha value is -2.05. The highest BCUT2D eigenvalue weighted by molar-refractivity contribution is 5.40. The van der Waals surface area contributed by atoms with E-state index in [1.807, 2.05) is 36.0 Å². The first kappa shape index (κ1) is 14.4. The Morgan fingerprint density at radius 3 is 2.35 bits per heavy atom. The van der Waals surface area contributed by atoms with Crippen LogP contribution in [-0.2, 0) is 13.5 Å². The predicted molar refractivity (Wildman–Crippen MR) is 76.5 cm³/mol. The zero-order valence-corrected chi connectivity index (χ0v) is 12.0. The average Bonchev–Trinajstić information content (AvgIpc) is 2.89. The summed E-state index contributed by atoms with van der Waals surface area (Å²) in [5, 5.41) is 0. The molecule has 0 bridgehead atoms. The molecule has 1 aromatic heterocycles. The second-order valence-electron chi connectivity index (χ2n) is 4.52. The summed E-state index contributed by atoms with van der Waals surface area (Å²) in [4.78, 5) is 4.32. The molecule has 0 aliphatic heterocycles. The summed E-state index contributed by atoms with van der Waals surface area (Å²) < 4.78 is 12.5. The van der Waals surface area contributed by atoms with Gasteiger partial charge in [0.15, 0.2) is 0 Å². The fourth-order valence-electron chi connectivity index (χ4n) is 2.08. The van der Waals surface area contributed by atoms with Crippen LogP contribution in [0.1, 0.15) is 17.4 Å². The number of benzene rings is 1. The van der Waals surface area contributed by atoms with Crippen LogP contribution < -0.4 is 20.7 Å². The molecule has 0 radical (unpaired) electrons. The molecular weight excluding hydrogens is 256 g/mol. The third-order valence-corrected chi connectivity index (χ3v) is 3.28. The molecular formula is C14H20N4O2. The summed E-state index contributed by atoms with van der Waals surface area (Å²) in [5.41, 5.74) is 3.81. The number of hydrogen-bond acceptors (Lipinski definition) is 5. The zero-order chi connectivity index (χ0) is 14.5. The minimum absolute atomic E-state index is 0.0694. The van der Waals surface area contributed by atoms with Crippen molar-refractivity contribution in [1.82, 2.24) is 15.0 Å². The second kappa shape index (κ2) is 6.40. The van der Waals surface area contributed by atoms with Crippen molar-refractivity contribution in [2.75, 3.05) is 14.2 Å². The monoisotopic (exact) mass is 276 g/mol. The molecule has 0 saturated heterocycles. The maximum absolute atomic E-state index is 5.69. The van der Waals surface area contributed by atoms with E-state index in [0.717, 1.165) is 22.9 Å². The summed E-state index contributed by atoms with van der Waals surface area (Å²) in [6.45, 7) is 0. The molecule has 108 valence electrons. The van der Waals surface area contributed by atoms with Crippen molar-refractivity contribution in [3.8, 4) is 11.5 Å². The van der Waals surface area contributed by atoms with Gasteiger partial charge in [-0.2, -0.15) is 0 Å². The normalized spacial score (nSPS) is 12.2. The minimum Gasteiger partial charge on any atom is -0.497 e. The third-order valence-electron chi connectivity index (χ3n) is 3.28. The van der Waals surface area contributed by atoms with Gasteiger partial charge in [0.05, 0.1) is 20.3 Å². The van der Waals surface area contributed by atoms with Gasteiger partial charge >= 0.3 is 0 Å². The molecule has 3 N–H and O–H groups in total. The maximum atomic E-state index is 5.69. The van der Waals surface area contributed by atoms with Gasteiger partial charge in [-0.1, -0.05) is 0 Å². The van der Waals surface area contributed by atoms with Crippen molar-refractivity contribution in [1.29, 1.82) is 0 Å². The Kier molecular flexibility index (Phi) is 4.60. The molecule has 1 unspecified atom stereocenters. The van der Waals surface area contributed by atoms with Crippen LogP contribution in [-0.4, -0.2) is 23.8 Å². The van der Waals surface area contributed by atoms with Gasteiger partial charge in [0.2, 0.25) is 0 Å². The minimum atomic E-state index is -0.0694. The Balaban J connectivity index is 2.29. The number of methoxy groups -OCH3 is 2. The van der Waals surface area contributed by atoms with Crippen LogP contribution in [0.5, 0.6) is 11.5 Å². The summed E-state index contributed by atoms with van der Waals surface area (Å²) >= 11 is 0. The molecule has 0 spiro atoms. The highest BCUT2D eigenvalue weighted by Crippen LogP contribution is 2.27. The molecule has 20 heavy (non-hydrogen) atoms. The molecule has 1 heterocycles. The number of rotatable bonds is 6. The smallest absolute Gasteiger partial charge is 0.122 e. The van der Waals surface area contributed by atoms with Gasteiger partial charge in [-0.05, 0) is 17.7 Å². The van der Waals surface area contributed by atoms with E-state index in [1.165, 1.54) is 0 Å². The first-order chi connectivity index (χ1) is 9.67. The standard InChI is InChI=1S/C14H20N4O2/c1-18-5-4-16-14(18)9-13(17-15)10-6-11(19-2)8-12(7-10)20-3/h4-8,13,17H,9,15H2,1-3H3. The molecule has 2 aromatic rings. The van der Waals surface area contributed by atoms with E-state index in [9.17, 15) is 0 Å². The van der Waals surface area contributed by atoms with Crippen LogP contribution in [0.2, 0.25) is 0 Å². The molecule has 0 amide bonds. The van der Waals surface area contributed by atoms with E-state index in [-0.39, 0.29) is 6.04 Å². The van der Waals surface area contributed by atoms with Gasteiger partial charge in [0.25, 0.3) is 0 Å². The van der Waals surface area contributed by atoms with Crippen LogP contribution in [0.25, 0.3) is 0 Å². The Labute approximate surface area is 118 Å². The third kappa shape index (κ3) is 3.09. The van der Waals surface area contributed by atoms with E-state index in [2.05, 4.69) is 10.4 Å².